The Kier molecular flexibility index (Phi) is 8.76. The fourth-order valence-electron chi connectivity index (χ4n) is 4.73. The molecule has 6 nitrogen and oxygen atoms in total. The molecule has 1 fully saturated rings. The van der Waals surface area contributed by atoms with Crippen LogP contribution in [0.15, 0.2) is 29.3 Å². The highest BCUT2D eigenvalue weighted by Gasteiger charge is 2.29. The lowest BCUT2D eigenvalue weighted by Crippen LogP contribution is -2.52. The number of likely N-dealkylation sites (N-methyl/N-ethyl adjacent to an activating group) is 1. The maximum Gasteiger partial charge on any atom is 0.243 e. The van der Waals surface area contributed by atoms with Crippen LogP contribution in [0.5, 0.6) is 0 Å². The van der Waals surface area contributed by atoms with Crippen LogP contribution in [-0.4, -0.2) is 62.2 Å². The monoisotopic (exact) mass is 428 g/mol. The summed E-state index contributed by atoms with van der Waals surface area (Å²) >= 11 is 0. The van der Waals surface area contributed by atoms with Crippen LogP contribution in [0, 0.1) is 5.92 Å². The van der Waals surface area contributed by atoms with Gasteiger partial charge in [0.25, 0.3) is 0 Å². The van der Waals surface area contributed by atoms with Gasteiger partial charge in [-0.1, -0.05) is 51.0 Å². The Balaban J connectivity index is 1.66. The number of aliphatic imine (C=N–C) groups is 1. The molecule has 3 rings (SSSR count). The van der Waals surface area contributed by atoms with Gasteiger partial charge in [-0.2, -0.15) is 0 Å². The van der Waals surface area contributed by atoms with Crippen molar-refractivity contribution in [2.75, 3.05) is 27.2 Å². The van der Waals surface area contributed by atoms with Gasteiger partial charge in [-0.3, -0.25) is 4.79 Å². The van der Waals surface area contributed by atoms with Gasteiger partial charge in [-0.05, 0) is 49.1 Å². The fraction of sp³-hybridized carbons (Fsp3) is 0.680. The fourth-order valence-corrected chi connectivity index (χ4v) is 4.73. The summed E-state index contributed by atoms with van der Waals surface area (Å²) in [5.41, 5.74) is 2.86. The molecule has 3 atom stereocenters. The van der Waals surface area contributed by atoms with Crippen molar-refractivity contribution in [1.82, 2.24) is 15.5 Å². The van der Waals surface area contributed by atoms with Gasteiger partial charge in [0.05, 0.1) is 6.10 Å². The molecule has 0 spiro atoms. The Morgan fingerprint density at radius 2 is 1.84 bits per heavy atom. The van der Waals surface area contributed by atoms with Crippen LogP contribution in [0.4, 0.5) is 0 Å². The third-order valence-corrected chi connectivity index (χ3v) is 6.79. The minimum Gasteiger partial charge on any atom is -0.378 e. The molecular formula is C25H40N4O2. The summed E-state index contributed by atoms with van der Waals surface area (Å²) in [5, 5.41) is 7.28. The second-order valence-corrected chi connectivity index (χ2v) is 9.16. The minimum absolute atomic E-state index is 0.0111. The summed E-state index contributed by atoms with van der Waals surface area (Å²) in [5.74, 6) is 1.37. The van der Waals surface area contributed by atoms with E-state index < -0.39 is 0 Å². The highest BCUT2D eigenvalue weighted by Crippen LogP contribution is 2.25. The average molecular weight is 429 g/mol. The van der Waals surface area contributed by atoms with E-state index >= 15 is 0 Å². The molecule has 1 aromatic carbocycles. The van der Waals surface area contributed by atoms with Gasteiger partial charge in [-0.25, -0.2) is 4.99 Å². The van der Waals surface area contributed by atoms with E-state index in [1.807, 2.05) is 0 Å². The molecule has 1 aromatic rings. The highest BCUT2D eigenvalue weighted by molar-refractivity contribution is 5.85. The lowest BCUT2D eigenvalue weighted by Gasteiger charge is -2.36. The predicted molar refractivity (Wildman–Crippen MR) is 126 cm³/mol. The Morgan fingerprint density at radius 1 is 1.13 bits per heavy atom. The van der Waals surface area contributed by atoms with E-state index in [1.165, 1.54) is 11.1 Å². The number of ether oxygens (including phenoxy) is 1. The van der Waals surface area contributed by atoms with Crippen LogP contribution < -0.4 is 10.6 Å². The van der Waals surface area contributed by atoms with E-state index in [0.717, 1.165) is 57.5 Å². The molecule has 0 saturated carbocycles. The summed E-state index contributed by atoms with van der Waals surface area (Å²) in [4.78, 5) is 18.4. The Morgan fingerprint density at radius 3 is 2.55 bits per heavy atom. The molecule has 2 aliphatic rings. The molecule has 1 aliphatic heterocycles. The van der Waals surface area contributed by atoms with Gasteiger partial charge in [0.1, 0.15) is 6.54 Å². The zero-order valence-corrected chi connectivity index (χ0v) is 19.7. The van der Waals surface area contributed by atoms with Crippen molar-refractivity contribution < 1.29 is 9.53 Å². The van der Waals surface area contributed by atoms with Gasteiger partial charge < -0.3 is 20.3 Å². The van der Waals surface area contributed by atoms with Crippen molar-refractivity contribution in [1.29, 1.82) is 0 Å². The van der Waals surface area contributed by atoms with Crippen molar-refractivity contribution in [3.8, 4) is 0 Å². The number of hydrogen-bond donors (Lipinski definition) is 2. The van der Waals surface area contributed by atoms with Gasteiger partial charge in [0, 0.05) is 32.8 Å². The van der Waals surface area contributed by atoms with Crippen molar-refractivity contribution >= 4 is 11.9 Å². The van der Waals surface area contributed by atoms with E-state index in [2.05, 4.69) is 53.7 Å². The number of carbonyl (C=O) groups excluding carboxylic acids is 1. The van der Waals surface area contributed by atoms with Crippen molar-refractivity contribution in [2.24, 2.45) is 10.9 Å². The number of amides is 1. The van der Waals surface area contributed by atoms with Gasteiger partial charge in [-0.15, -0.1) is 0 Å². The summed E-state index contributed by atoms with van der Waals surface area (Å²) in [7, 11) is 3.55. The summed E-state index contributed by atoms with van der Waals surface area (Å²) in [6.07, 6.45) is 7.68. The van der Waals surface area contributed by atoms with Crippen molar-refractivity contribution in [3.05, 3.63) is 35.4 Å². The normalized spacial score (nSPS) is 23.9. The number of hydrogen-bond acceptors (Lipinski definition) is 3. The van der Waals surface area contributed by atoms with Crippen LogP contribution >= 0.6 is 0 Å². The first-order valence-electron chi connectivity index (χ1n) is 12.0. The Hall–Kier alpha value is -2.08. The SMILES string of the molecule is CCC(CC)C1CC(NC(=NCC(=O)N(C)C)NC2CCc3ccccc3C2)CCO1. The van der Waals surface area contributed by atoms with Crippen molar-refractivity contribution in [2.45, 2.75) is 77.0 Å². The van der Waals surface area contributed by atoms with E-state index in [0.29, 0.717) is 24.1 Å². The molecule has 2 N–H and O–H groups in total. The number of fused-ring (bicyclic) bond motifs is 1. The number of guanidine groups is 1. The molecule has 1 saturated heterocycles. The summed E-state index contributed by atoms with van der Waals surface area (Å²) in [6.45, 7) is 5.43. The quantitative estimate of drug-likeness (QED) is 0.517. The lowest BCUT2D eigenvalue weighted by atomic mass is 9.88. The Labute approximate surface area is 187 Å². The average Bonchev–Trinajstić information content (AvgIpc) is 2.78. The molecule has 3 unspecified atom stereocenters. The third kappa shape index (κ3) is 6.70. The summed E-state index contributed by atoms with van der Waals surface area (Å²) in [6, 6.07) is 9.33. The second-order valence-electron chi connectivity index (χ2n) is 9.16. The van der Waals surface area contributed by atoms with Gasteiger partial charge in [0.15, 0.2) is 5.96 Å². The molecule has 6 heteroatoms. The maximum absolute atomic E-state index is 12.2. The lowest BCUT2D eigenvalue weighted by molar-refractivity contribution is -0.127. The highest BCUT2D eigenvalue weighted by atomic mass is 16.5. The first kappa shape index (κ1) is 23.6. The third-order valence-electron chi connectivity index (χ3n) is 6.79. The predicted octanol–water partition coefficient (Wildman–Crippen LogP) is 3.15. The van der Waals surface area contributed by atoms with Crippen LogP contribution in [0.3, 0.4) is 0 Å². The molecule has 0 aromatic heterocycles. The first-order chi connectivity index (χ1) is 15.0. The number of benzene rings is 1. The van der Waals surface area contributed by atoms with Gasteiger partial charge >= 0.3 is 0 Å². The topological polar surface area (TPSA) is 66.0 Å². The molecule has 0 radical (unpaired) electrons. The largest absolute Gasteiger partial charge is 0.378 e. The van der Waals surface area contributed by atoms with Crippen LogP contribution in [-0.2, 0) is 22.4 Å². The van der Waals surface area contributed by atoms with Crippen LogP contribution in [0.25, 0.3) is 0 Å². The molecule has 1 heterocycles. The van der Waals surface area contributed by atoms with E-state index in [9.17, 15) is 4.79 Å². The standard InChI is InChI=1S/C25H40N4O2/c1-5-18(6-2)23-16-22(13-14-31-23)28-25(26-17-24(30)29(3)4)27-21-12-11-19-9-7-8-10-20(19)15-21/h7-10,18,21-23H,5-6,11-17H2,1-4H3,(H2,26,27,28). The first-order valence-corrected chi connectivity index (χ1v) is 12.0. The van der Waals surface area contributed by atoms with Crippen LogP contribution in [0.1, 0.15) is 57.1 Å². The van der Waals surface area contributed by atoms with E-state index in [4.69, 9.17) is 4.74 Å². The van der Waals surface area contributed by atoms with Gasteiger partial charge in [0.2, 0.25) is 5.91 Å². The molecule has 0 bridgehead atoms. The second kappa shape index (κ2) is 11.5. The molecular weight excluding hydrogens is 388 g/mol. The molecule has 172 valence electrons. The smallest absolute Gasteiger partial charge is 0.243 e. The number of rotatable bonds is 7. The molecule has 1 aliphatic carbocycles. The molecule has 1 amide bonds. The van der Waals surface area contributed by atoms with Crippen molar-refractivity contribution in [3.63, 3.8) is 0 Å². The molecule has 31 heavy (non-hydrogen) atoms. The van der Waals surface area contributed by atoms with E-state index in [1.54, 1.807) is 19.0 Å². The van der Waals surface area contributed by atoms with Crippen LogP contribution in [0.2, 0.25) is 0 Å². The zero-order chi connectivity index (χ0) is 22.2. The summed E-state index contributed by atoms with van der Waals surface area (Å²) < 4.78 is 6.09. The maximum atomic E-state index is 12.2. The zero-order valence-electron chi connectivity index (χ0n) is 19.7. The number of nitrogens with one attached hydrogen (secondary N) is 2. The Bertz CT molecular complexity index is 745. The number of aryl methyl sites for hydroxylation is 1. The number of carbonyl (C=O) groups is 1. The number of nitrogens with zero attached hydrogens (tertiary/aromatic N) is 2. The van der Waals surface area contributed by atoms with E-state index in [-0.39, 0.29) is 12.5 Å². The minimum atomic E-state index is 0.0111.